The van der Waals surface area contributed by atoms with Crippen molar-refractivity contribution in [1.82, 2.24) is 25.1 Å². The molecule has 0 radical (unpaired) electrons. The van der Waals surface area contributed by atoms with Crippen LogP contribution in [0.4, 0.5) is 5.95 Å². The van der Waals surface area contributed by atoms with Crippen LogP contribution in [0.15, 0.2) is 60.7 Å². The second-order valence-corrected chi connectivity index (χ2v) is 8.92. The summed E-state index contributed by atoms with van der Waals surface area (Å²) in [4.78, 5) is 17.1. The number of aromatic nitrogens is 4. The molecule has 2 aliphatic heterocycles. The SMILES string of the molecule is CC1CCN(C(=O)CN2C(c3ccccc3)=C[C@@H](c3ccc(Cl)cc3)n3nnnc32)CC1. The van der Waals surface area contributed by atoms with Gasteiger partial charge in [-0.05, 0) is 58.5 Å². The molecular formula is C24H25ClN6O. The number of carbonyl (C=O) groups excluding carboxylic acids is 1. The first kappa shape index (κ1) is 20.7. The molecule has 1 amide bonds. The van der Waals surface area contributed by atoms with Crippen LogP contribution in [0, 0.1) is 5.92 Å². The number of piperidine rings is 1. The van der Waals surface area contributed by atoms with Crippen molar-refractivity contribution in [2.75, 3.05) is 24.5 Å². The highest BCUT2D eigenvalue weighted by atomic mass is 35.5. The number of anilines is 1. The summed E-state index contributed by atoms with van der Waals surface area (Å²) in [5.74, 6) is 1.32. The van der Waals surface area contributed by atoms with E-state index in [-0.39, 0.29) is 18.5 Å². The first-order chi connectivity index (χ1) is 15.6. The van der Waals surface area contributed by atoms with Crippen molar-refractivity contribution in [3.8, 4) is 0 Å². The van der Waals surface area contributed by atoms with Crippen LogP contribution in [0.2, 0.25) is 5.02 Å². The zero-order valence-electron chi connectivity index (χ0n) is 17.9. The monoisotopic (exact) mass is 448 g/mol. The van der Waals surface area contributed by atoms with Gasteiger partial charge in [0.2, 0.25) is 5.91 Å². The highest BCUT2D eigenvalue weighted by Gasteiger charge is 2.33. The smallest absolute Gasteiger partial charge is 0.251 e. The Morgan fingerprint density at radius 3 is 2.50 bits per heavy atom. The van der Waals surface area contributed by atoms with E-state index in [1.54, 1.807) is 4.68 Å². The summed E-state index contributed by atoms with van der Waals surface area (Å²) in [5.41, 5.74) is 2.96. The molecule has 32 heavy (non-hydrogen) atoms. The lowest BCUT2D eigenvalue weighted by atomic mass is 9.99. The zero-order valence-corrected chi connectivity index (χ0v) is 18.7. The van der Waals surface area contributed by atoms with E-state index in [0.29, 0.717) is 16.9 Å². The minimum Gasteiger partial charge on any atom is -0.341 e. The van der Waals surface area contributed by atoms with Crippen molar-refractivity contribution in [2.45, 2.75) is 25.8 Å². The van der Waals surface area contributed by atoms with Crippen molar-refractivity contribution < 1.29 is 4.79 Å². The lowest BCUT2D eigenvalue weighted by molar-refractivity contribution is -0.130. The maximum atomic E-state index is 13.2. The second-order valence-electron chi connectivity index (χ2n) is 8.49. The standard InChI is InChI=1S/C24H25ClN6O/c1-17-11-13-29(14-12-17)23(32)16-30-21(18-5-3-2-4-6-18)15-22(31-24(30)26-27-28-31)19-7-9-20(25)10-8-19/h2-10,15,17,22H,11-14,16H2,1H3/t22-/m0/s1. The first-order valence-corrected chi connectivity index (χ1v) is 11.3. The molecule has 8 heteroatoms. The van der Waals surface area contributed by atoms with Gasteiger partial charge in [0.15, 0.2) is 0 Å². The Morgan fingerprint density at radius 2 is 1.78 bits per heavy atom. The summed E-state index contributed by atoms with van der Waals surface area (Å²) < 4.78 is 1.77. The Morgan fingerprint density at radius 1 is 1.06 bits per heavy atom. The van der Waals surface area contributed by atoms with E-state index < -0.39 is 0 Å². The van der Waals surface area contributed by atoms with Crippen molar-refractivity contribution in [3.63, 3.8) is 0 Å². The van der Waals surface area contributed by atoms with Crippen LogP contribution in [0.5, 0.6) is 0 Å². The van der Waals surface area contributed by atoms with E-state index in [4.69, 9.17) is 11.6 Å². The van der Waals surface area contributed by atoms with Crippen molar-refractivity contribution >= 4 is 29.2 Å². The first-order valence-electron chi connectivity index (χ1n) is 11.0. The van der Waals surface area contributed by atoms with Gasteiger partial charge >= 0.3 is 0 Å². The lowest BCUT2D eigenvalue weighted by Crippen LogP contribution is -2.45. The predicted octanol–water partition coefficient (Wildman–Crippen LogP) is 4.04. The van der Waals surface area contributed by atoms with Gasteiger partial charge in [0.05, 0.1) is 5.70 Å². The number of fused-ring (bicyclic) bond motifs is 1. The third kappa shape index (κ3) is 4.00. The molecule has 2 aliphatic rings. The van der Waals surface area contributed by atoms with Crippen LogP contribution < -0.4 is 4.90 Å². The average molecular weight is 449 g/mol. The van der Waals surface area contributed by atoms with Crippen LogP contribution >= 0.6 is 11.6 Å². The van der Waals surface area contributed by atoms with E-state index >= 15 is 0 Å². The van der Waals surface area contributed by atoms with Crippen LogP contribution in [-0.2, 0) is 4.79 Å². The summed E-state index contributed by atoms with van der Waals surface area (Å²) in [6.45, 7) is 4.05. The minimum atomic E-state index is -0.199. The van der Waals surface area contributed by atoms with Gasteiger partial charge in [0.25, 0.3) is 5.95 Å². The molecule has 2 aromatic carbocycles. The number of allylic oxidation sites excluding steroid dienone is 1. The number of nitrogens with zero attached hydrogens (tertiary/aromatic N) is 6. The van der Waals surface area contributed by atoms with Gasteiger partial charge in [-0.1, -0.05) is 66.1 Å². The van der Waals surface area contributed by atoms with E-state index in [1.807, 2.05) is 64.4 Å². The number of tetrazole rings is 1. The molecule has 7 nitrogen and oxygen atoms in total. The molecule has 5 rings (SSSR count). The molecule has 0 N–H and O–H groups in total. The minimum absolute atomic E-state index is 0.0956. The molecule has 0 aliphatic carbocycles. The molecule has 0 saturated carbocycles. The fraction of sp³-hybridized carbons (Fsp3) is 0.333. The van der Waals surface area contributed by atoms with Gasteiger partial charge < -0.3 is 4.90 Å². The summed E-state index contributed by atoms with van der Waals surface area (Å²) in [7, 11) is 0. The van der Waals surface area contributed by atoms with Crippen LogP contribution in [0.1, 0.15) is 36.9 Å². The Hall–Kier alpha value is -3.19. The predicted molar refractivity (Wildman–Crippen MR) is 124 cm³/mol. The van der Waals surface area contributed by atoms with E-state index in [0.717, 1.165) is 42.8 Å². The van der Waals surface area contributed by atoms with E-state index in [9.17, 15) is 4.79 Å². The Bertz CT molecular complexity index is 1120. The maximum Gasteiger partial charge on any atom is 0.251 e. The van der Waals surface area contributed by atoms with Gasteiger partial charge in [-0.3, -0.25) is 9.69 Å². The molecule has 0 unspecified atom stereocenters. The number of halogens is 1. The molecule has 3 aromatic rings. The van der Waals surface area contributed by atoms with Gasteiger partial charge in [-0.25, -0.2) is 0 Å². The fourth-order valence-electron chi connectivity index (χ4n) is 4.37. The van der Waals surface area contributed by atoms with Crippen LogP contribution in [0.3, 0.4) is 0 Å². The van der Waals surface area contributed by atoms with E-state index in [1.165, 1.54) is 0 Å². The third-order valence-corrected chi connectivity index (χ3v) is 6.55. The summed E-state index contributed by atoms with van der Waals surface area (Å²) in [6.07, 6.45) is 4.21. The Labute approximate surface area is 192 Å². The quantitative estimate of drug-likeness (QED) is 0.602. The maximum absolute atomic E-state index is 13.2. The van der Waals surface area contributed by atoms with Crippen LogP contribution in [-0.4, -0.2) is 50.6 Å². The number of benzene rings is 2. The third-order valence-electron chi connectivity index (χ3n) is 6.30. The van der Waals surface area contributed by atoms with Gasteiger partial charge in [0.1, 0.15) is 12.6 Å². The highest BCUT2D eigenvalue weighted by Crippen LogP contribution is 2.36. The number of rotatable bonds is 4. The van der Waals surface area contributed by atoms with Crippen LogP contribution in [0.25, 0.3) is 5.70 Å². The number of amides is 1. The Kier molecular flexibility index (Phi) is 5.66. The molecule has 1 atom stereocenters. The molecule has 1 aromatic heterocycles. The lowest BCUT2D eigenvalue weighted by Gasteiger charge is -2.35. The largest absolute Gasteiger partial charge is 0.341 e. The van der Waals surface area contributed by atoms with Crippen molar-refractivity contribution in [1.29, 1.82) is 0 Å². The normalized spacial score (nSPS) is 18.9. The molecule has 164 valence electrons. The number of carbonyl (C=O) groups is 1. The molecule has 1 saturated heterocycles. The molecule has 3 heterocycles. The van der Waals surface area contributed by atoms with Crippen molar-refractivity contribution in [3.05, 3.63) is 76.8 Å². The number of hydrogen-bond donors (Lipinski definition) is 0. The molecule has 1 fully saturated rings. The van der Waals surface area contributed by atoms with Gasteiger partial charge in [-0.2, -0.15) is 4.68 Å². The summed E-state index contributed by atoms with van der Waals surface area (Å²) in [6, 6.07) is 17.6. The number of hydrogen-bond acceptors (Lipinski definition) is 5. The average Bonchev–Trinajstić information content (AvgIpc) is 3.31. The molecule has 0 spiro atoms. The molecular weight excluding hydrogens is 424 g/mol. The van der Waals surface area contributed by atoms with Gasteiger partial charge in [0, 0.05) is 18.1 Å². The summed E-state index contributed by atoms with van der Waals surface area (Å²) in [5, 5.41) is 13.2. The van der Waals surface area contributed by atoms with Crippen molar-refractivity contribution in [2.24, 2.45) is 5.92 Å². The zero-order chi connectivity index (χ0) is 22.1. The number of likely N-dealkylation sites (tertiary alicyclic amines) is 1. The topological polar surface area (TPSA) is 67.2 Å². The van der Waals surface area contributed by atoms with Gasteiger partial charge in [-0.15, -0.1) is 0 Å². The fourth-order valence-corrected chi connectivity index (χ4v) is 4.50. The second kappa shape index (κ2) is 8.74. The Balaban J connectivity index is 1.53. The molecule has 0 bridgehead atoms. The van der Waals surface area contributed by atoms with E-state index in [2.05, 4.69) is 28.5 Å². The highest BCUT2D eigenvalue weighted by molar-refractivity contribution is 6.30. The summed E-state index contributed by atoms with van der Waals surface area (Å²) >= 11 is 6.10.